The summed E-state index contributed by atoms with van der Waals surface area (Å²) in [6.45, 7) is 7.07. The van der Waals surface area contributed by atoms with E-state index in [0.717, 1.165) is 0 Å². The average molecular weight is 366 g/mol. The molecule has 25 heavy (non-hydrogen) atoms. The number of nitrogens with zero attached hydrogens (tertiary/aromatic N) is 2. The fraction of sp³-hybridized carbons (Fsp3) is 0.500. The van der Waals surface area contributed by atoms with Gasteiger partial charge in [-0.15, -0.1) is 0 Å². The third-order valence-corrected chi connectivity index (χ3v) is 4.51. The molecule has 0 bridgehead atoms. The third kappa shape index (κ3) is 4.95. The molecule has 2 rings (SSSR count). The van der Waals surface area contributed by atoms with E-state index in [1.165, 1.54) is 6.92 Å². The molecule has 3 amide bonds. The summed E-state index contributed by atoms with van der Waals surface area (Å²) in [5.74, 6) is -0.372. The summed E-state index contributed by atoms with van der Waals surface area (Å²) in [5, 5.41) is 3.31. The Hall–Kier alpha value is -2.08. The van der Waals surface area contributed by atoms with Crippen molar-refractivity contribution in [3.63, 3.8) is 0 Å². The smallest absolute Gasteiger partial charge is 0.253 e. The molecule has 0 aromatic heterocycles. The normalized spacial score (nSPS) is 15.9. The van der Waals surface area contributed by atoms with Gasteiger partial charge in [-0.3, -0.25) is 14.4 Å². The van der Waals surface area contributed by atoms with Crippen molar-refractivity contribution in [2.24, 2.45) is 5.92 Å². The zero-order chi connectivity index (χ0) is 18.6. The first-order valence-electron chi connectivity index (χ1n) is 8.40. The highest BCUT2D eigenvalue weighted by Gasteiger charge is 2.31. The van der Waals surface area contributed by atoms with Crippen LogP contribution in [0.25, 0.3) is 0 Å². The molecule has 0 aliphatic carbocycles. The van der Waals surface area contributed by atoms with E-state index in [4.69, 9.17) is 11.6 Å². The fourth-order valence-electron chi connectivity index (χ4n) is 2.83. The van der Waals surface area contributed by atoms with E-state index >= 15 is 0 Å². The molecule has 1 atom stereocenters. The molecule has 0 saturated carbocycles. The summed E-state index contributed by atoms with van der Waals surface area (Å²) in [6.07, 6.45) is 0. The Bertz CT molecular complexity index is 637. The van der Waals surface area contributed by atoms with E-state index in [1.807, 2.05) is 13.8 Å². The van der Waals surface area contributed by atoms with E-state index in [1.54, 1.807) is 34.1 Å². The molecule has 1 aromatic rings. The van der Waals surface area contributed by atoms with Gasteiger partial charge in [0.1, 0.15) is 6.04 Å². The quantitative estimate of drug-likeness (QED) is 0.884. The van der Waals surface area contributed by atoms with Gasteiger partial charge in [0.2, 0.25) is 11.8 Å². The van der Waals surface area contributed by atoms with Crippen molar-refractivity contribution in [1.29, 1.82) is 0 Å². The molecule has 136 valence electrons. The SMILES string of the molecule is CC(=O)NC(C(=O)N1CCN(C(=O)c2ccc(Cl)cc2)CC1)C(C)C. The van der Waals surface area contributed by atoms with E-state index in [-0.39, 0.29) is 23.6 Å². The number of piperazine rings is 1. The number of benzene rings is 1. The Morgan fingerprint density at radius 2 is 1.52 bits per heavy atom. The second kappa shape index (κ2) is 8.34. The van der Waals surface area contributed by atoms with Crippen LogP contribution in [0.15, 0.2) is 24.3 Å². The first-order valence-corrected chi connectivity index (χ1v) is 8.78. The summed E-state index contributed by atoms with van der Waals surface area (Å²) < 4.78 is 0. The topological polar surface area (TPSA) is 69.7 Å². The van der Waals surface area contributed by atoms with Gasteiger partial charge in [0.15, 0.2) is 0 Å². The van der Waals surface area contributed by atoms with Crippen LogP contribution in [0, 0.1) is 5.92 Å². The van der Waals surface area contributed by atoms with Crippen LogP contribution < -0.4 is 5.32 Å². The molecule has 1 saturated heterocycles. The molecular weight excluding hydrogens is 342 g/mol. The minimum Gasteiger partial charge on any atom is -0.344 e. The van der Waals surface area contributed by atoms with Gasteiger partial charge < -0.3 is 15.1 Å². The molecule has 0 radical (unpaired) electrons. The summed E-state index contributed by atoms with van der Waals surface area (Å²) in [7, 11) is 0. The Morgan fingerprint density at radius 3 is 2.00 bits per heavy atom. The van der Waals surface area contributed by atoms with Crippen molar-refractivity contribution in [3.05, 3.63) is 34.9 Å². The molecule has 1 heterocycles. The number of halogens is 1. The molecule has 7 heteroatoms. The molecule has 0 spiro atoms. The van der Waals surface area contributed by atoms with Crippen LogP contribution in [0.3, 0.4) is 0 Å². The highest BCUT2D eigenvalue weighted by atomic mass is 35.5. The third-order valence-electron chi connectivity index (χ3n) is 4.26. The van der Waals surface area contributed by atoms with Gasteiger partial charge in [0, 0.05) is 43.7 Å². The molecule has 6 nitrogen and oxygen atoms in total. The maximum absolute atomic E-state index is 12.7. The predicted molar refractivity (Wildman–Crippen MR) is 96.4 cm³/mol. The van der Waals surface area contributed by atoms with Crippen molar-refractivity contribution in [1.82, 2.24) is 15.1 Å². The molecule has 1 aromatic carbocycles. The summed E-state index contributed by atoms with van der Waals surface area (Å²) in [6, 6.07) is 6.25. The lowest BCUT2D eigenvalue weighted by Gasteiger charge is -2.37. The minimum atomic E-state index is -0.531. The number of amides is 3. The lowest BCUT2D eigenvalue weighted by atomic mass is 10.0. The van der Waals surface area contributed by atoms with Crippen LogP contribution in [0.4, 0.5) is 0 Å². The maximum Gasteiger partial charge on any atom is 0.253 e. The standard InChI is InChI=1S/C18H24ClN3O3/c1-12(2)16(20-13(3)23)18(25)22-10-8-21(9-11-22)17(24)14-4-6-15(19)7-5-14/h4-7,12,16H,8-11H2,1-3H3,(H,20,23). The highest BCUT2D eigenvalue weighted by molar-refractivity contribution is 6.30. The van der Waals surface area contributed by atoms with Gasteiger partial charge in [-0.2, -0.15) is 0 Å². The fourth-order valence-corrected chi connectivity index (χ4v) is 2.96. The van der Waals surface area contributed by atoms with Crippen molar-refractivity contribution >= 4 is 29.3 Å². The number of carbonyl (C=O) groups is 3. The molecular formula is C18H24ClN3O3. The van der Waals surface area contributed by atoms with Gasteiger partial charge in [-0.05, 0) is 30.2 Å². The van der Waals surface area contributed by atoms with Crippen LogP contribution in [-0.2, 0) is 9.59 Å². The molecule has 1 aliphatic heterocycles. The van der Waals surface area contributed by atoms with Crippen LogP contribution in [-0.4, -0.2) is 59.7 Å². The number of hydrogen-bond donors (Lipinski definition) is 1. The maximum atomic E-state index is 12.7. The Kier molecular flexibility index (Phi) is 6.42. The average Bonchev–Trinajstić information content (AvgIpc) is 2.59. The first kappa shape index (κ1) is 19.2. The van der Waals surface area contributed by atoms with Gasteiger partial charge in [-0.25, -0.2) is 0 Å². The Balaban J connectivity index is 1.96. The van der Waals surface area contributed by atoms with E-state index in [2.05, 4.69) is 5.32 Å². The Morgan fingerprint density at radius 1 is 1.00 bits per heavy atom. The van der Waals surface area contributed by atoms with Crippen LogP contribution in [0.2, 0.25) is 5.02 Å². The number of nitrogens with one attached hydrogen (secondary N) is 1. The number of rotatable bonds is 4. The number of hydrogen-bond acceptors (Lipinski definition) is 3. The zero-order valence-corrected chi connectivity index (χ0v) is 15.5. The van der Waals surface area contributed by atoms with Crippen molar-refractivity contribution < 1.29 is 14.4 Å². The van der Waals surface area contributed by atoms with Crippen molar-refractivity contribution in [3.8, 4) is 0 Å². The lowest BCUT2D eigenvalue weighted by molar-refractivity contribution is -0.138. The first-order chi connectivity index (χ1) is 11.8. The molecule has 1 fully saturated rings. The van der Waals surface area contributed by atoms with Crippen LogP contribution in [0.5, 0.6) is 0 Å². The van der Waals surface area contributed by atoms with Gasteiger partial charge in [-0.1, -0.05) is 25.4 Å². The molecule has 1 aliphatic rings. The lowest BCUT2D eigenvalue weighted by Crippen LogP contribution is -2.57. The van der Waals surface area contributed by atoms with E-state index in [0.29, 0.717) is 36.8 Å². The largest absolute Gasteiger partial charge is 0.344 e. The number of carbonyl (C=O) groups excluding carboxylic acids is 3. The van der Waals surface area contributed by atoms with Crippen LogP contribution >= 0.6 is 11.6 Å². The summed E-state index contributed by atoms with van der Waals surface area (Å²) >= 11 is 5.85. The molecule has 1 N–H and O–H groups in total. The minimum absolute atomic E-state index is 0.00475. The Labute approximate surface area is 153 Å². The van der Waals surface area contributed by atoms with Gasteiger partial charge >= 0.3 is 0 Å². The monoisotopic (exact) mass is 365 g/mol. The zero-order valence-electron chi connectivity index (χ0n) is 14.8. The van der Waals surface area contributed by atoms with Crippen LogP contribution in [0.1, 0.15) is 31.1 Å². The second-order valence-corrected chi connectivity index (χ2v) is 6.98. The highest BCUT2D eigenvalue weighted by Crippen LogP contribution is 2.14. The van der Waals surface area contributed by atoms with Crippen molar-refractivity contribution in [2.45, 2.75) is 26.8 Å². The summed E-state index contributed by atoms with van der Waals surface area (Å²) in [4.78, 5) is 39.9. The second-order valence-electron chi connectivity index (χ2n) is 6.55. The molecule has 1 unspecified atom stereocenters. The predicted octanol–water partition coefficient (Wildman–Crippen LogP) is 1.79. The summed E-state index contributed by atoms with van der Waals surface area (Å²) in [5.41, 5.74) is 0.586. The van der Waals surface area contributed by atoms with Gasteiger partial charge in [0.25, 0.3) is 5.91 Å². The van der Waals surface area contributed by atoms with Crippen molar-refractivity contribution in [2.75, 3.05) is 26.2 Å². The van der Waals surface area contributed by atoms with E-state index in [9.17, 15) is 14.4 Å². The van der Waals surface area contributed by atoms with E-state index < -0.39 is 6.04 Å². The van der Waals surface area contributed by atoms with Gasteiger partial charge in [0.05, 0.1) is 0 Å².